The third-order valence-electron chi connectivity index (χ3n) is 5.04. The fraction of sp³-hybridized carbons (Fsp3) is 0.192. The van der Waals surface area contributed by atoms with Gasteiger partial charge < -0.3 is 14.8 Å². The lowest BCUT2D eigenvalue weighted by Crippen LogP contribution is -2.15. The molecular weight excluding hydrogens is 484 g/mol. The molecule has 1 heterocycles. The van der Waals surface area contributed by atoms with Crippen molar-refractivity contribution in [1.82, 2.24) is 14.8 Å². The zero-order valence-electron chi connectivity index (χ0n) is 19.4. The lowest BCUT2D eigenvalue weighted by molar-refractivity contribution is -0.113. The Morgan fingerprint density at radius 2 is 1.66 bits per heavy atom. The van der Waals surface area contributed by atoms with E-state index in [-0.39, 0.29) is 18.3 Å². The SMILES string of the molecule is CCOc1ccc(-n2c(COc3ccc(Cl)cc3)nnc2SCC(=O)Nc2ccccc2C)cc1. The van der Waals surface area contributed by atoms with E-state index in [1.54, 1.807) is 24.3 Å². The number of nitrogens with zero attached hydrogens (tertiary/aromatic N) is 3. The van der Waals surface area contributed by atoms with Crippen molar-refractivity contribution in [3.05, 3.63) is 89.2 Å². The molecule has 1 amide bonds. The van der Waals surface area contributed by atoms with Crippen LogP contribution >= 0.6 is 23.4 Å². The summed E-state index contributed by atoms with van der Waals surface area (Å²) in [6.45, 7) is 4.68. The van der Waals surface area contributed by atoms with Gasteiger partial charge in [-0.25, -0.2) is 0 Å². The highest BCUT2D eigenvalue weighted by molar-refractivity contribution is 7.99. The summed E-state index contributed by atoms with van der Waals surface area (Å²) in [5.74, 6) is 2.11. The van der Waals surface area contributed by atoms with Crippen molar-refractivity contribution in [2.75, 3.05) is 17.7 Å². The Morgan fingerprint density at radius 1 is 0.971 bits per heavy atom. The summed E-state index contributed by atoms with van der Waals surface area (Å²) < 4.78 is 13.4. The average molecular weight is 509 g/mol. The molecule has 9 heteroatoms. The maximum absolute atomic E-state index is 12.6. The monoisotopic (exact) mass is 508 g/mol. The first-order valence-electron chi connectivity index (χ1n) is 11.1. The van der Waals surface area contributed by atoms with E-state index in [9.17, 15) is 4.79 Å². The minimum Gasteiger partial charge on any atom is -0.494 e. The third-order valence-corrected chi connectivity index (χ3v) is 6.22. The Bertz CT molecular complexity index is 1280. The molecule has 35 heavy (non-hydrogen) atoms. The van der Waals surface area contributed by atoms with Gasteiger partial charge in [0.05, 0.1) is 12.4 Å². The number of aryl methyl sites for hydroxylation is 1. The van der Waals surface area contributed by atoms with Crippen LogP contribution in [0.25, 0.3) is 5.69 Å². The molecule has 3 aromatic carbocycles. The predicted octanol–water partition coefficient (Wildman–Crippen LogP) is 5.94. The standard InChI is InChI=1S/C26H25ClN4O3S/c1-3-33-21-14-10-20(11-15-21)31-24(16-34-22-12-8-19(27)9-13-22)29-30-26(31)35-17-25(32)28-23-7-5-4-6-18(23)2/h4-15H,3,16-17H2,1-2H3,(H,28,32). The van der Waals surface area contributed by atoms with Crippen molar-refractivity contribution >= 4 is 35.0 Å². The van der Waals surface area contributed by atoms with Crippen molar-refractivity contribution in [3.8, 4) is 17.2 Å². The Balaban J connectivity index is 1.53. The van der Waals surface area contributed by atoms with Gasteiger partial charge in [-0.15, -0.1) is 10.2 Å². The number of benzene rings is 3. The van der Waals surface area contributed by atoms with Crippen molar-refractivity contribution in [2.45, 2.75) is 25.6 Å². The smallest absolute Gasteiger partial charge is 0.234 e. The maximum Gasteiger partial charge on any atom is 0.234 e. The second-order valence-electron chi connectivity index (χ2n) is 7.56. The summed E-state index contributed by atoms with van der Waals surface area (Å²) in [5.41, 5.74) is 2.64. The number of amides is 1. The first-order chi connectivity index (χ1) is 17.0. The first-order valence-corrected chi connectivity index (χ1v) is 12.4. The number of carbonyl (C=O) groups excluding carboxylic acids is 1. The number of nitrogens with one attached hydrogen (secondary N) is 1. The zero-order valence-corrected chi connectivity index (χ0v) is 21.0. The molecule has 1 N–H and O–H groups in total. The predicted molar refractivity (Wildman–Crippen MR) is 139 cm³/mol. The third kappa shape index (κ3) is 6.55. The van der Waals surface area contributed by atoms with E-state index in [4.69, 9.17) is 21.1 Å². The minimum absolute atomic E-state index is 0.121. The molecule has 0 saturated carbocycles. The summed E-state index contributed by atoms with van der Waals surface area (Å²) >= 11 is 7.27. The van der Waals surface area contributed by atoms with Crippen LogP contribution in [-0.4, -0.2) is 33.0 Å². The van der Waals surface area contributed by atoms with E-state index in [2.05, 4.69) is 15.5 Å². The highest BCUT2D eigenvalue weighted by Crippen LogP contribution is 2.25. The highest BCUT2D eigenvalue weighted by atomic mass is 35.5. The van der Waals surface area contributed by atoms with Crippen molar-refractivity contribution in [2.24, 2.45) is 0 Å². The summed E-state index contributed by atoms with van der Waals surface area (Å²) in [6.07, 6.45) is 0. The van der Waals surface area contributed by atoms with Gasteiger partial charge in [0.15, 0.2) is 11.0 Å². The van der Waals surface area contributed by atoms with E-state index in [1.165, 1.54) is 11.8 Å². The topological polar surface area (TPSA) is 78.3 Å². The molecule has 0 atom stereocenters. The van der Waals surface area contributed by atoms with Gasteiger partial charge in [-0.1, -0.05) is 41.6 Å². The van der Waals surface area contributed by atoms with E-state index < -0.39 is 0 Å². The van der Waals surface area contributed by atoms with Gasteiger partial charge >= 0.3 is 0 Å². The molecule has 180 valence electrons. The molecule has 1 aromatic heterocycles. The number of ether oxygens (including phenoxy) is 2. The number of hydrogen-bond donors (Lipinski definition) is 1. The fourth-order valence-electron chi connectivity index (χ4n) is 3.31. The Kier molecular flexibility index (Phi) is 8.28. The fourth-order valence-corrected chi connectivity index (χ4v) is 4.21. The summed E-state index contributed by atoms with van der Waals surface area (Å²) in [6, 6.07) is 22.4. The van der Waals surface area contributed by atoms with Crippen LogP contribution in [0.3, 0.4) is 0 Å². The molecule has 0 fully saturated rings. The number of anilines is 1. The molecule has 0 spiro atoms. The second kappa shape index (κ2) is 11.8. The molecule has 0 aliphatic rings. The van der Waals surface area contributed by atoms with Crippen LogP contribution in [0.5, 0.6) is 11.5 Å². The van der Waals surface area contributed by atoms with Crippen molar-refractivity contribution in [1.29, 1.82) is 0 Å². The quantitative estimate of drug-likeness (QED) is 0.267. The molecule has 4 aromatic rings. The lowest BCUT2D eigenvalue weighted by atomic mass is 10.2. The van der Waals surface area contributed by atoms with Gasteiger partial charge in [0, 0.05) is 16.4 Å². The number of thioether (sulfide) groups is 1. The lowest BCUT2D eigenvalue weighted by Gasteiger charge is -2.12. The molecular formula is C26H25ClN4O3S. The van der Waals surface area contributed by atoms with Crippen molar-refractivity contribution in [3.63, 3.8) is 0 Å². The van der Waals surface area contributed by atoms with Gasteiger partial charge in [-0.3, -0.25) is 9.36 Å². The summed E-state index contributed by atoms with van der Waals surface area (Å²) in [7, 11) is 0. The van der Waals surface area contributed by atoms with Crippen LogP contribution in [0.2, 0.25) is 5.02 Å². The largest absolute Gasteiger partial charge is 0.494 e. The number of rotatable bonds is 10. The summed E-state index contributed by atoms with van der Waals surface area (Å²) in [4.78, 5) is 12.6. The first kappa shape index (κ1) is 24.6. The van der Waals surface area contributed by atoms with Gasteiger partial charge in [0.1, 0.15) is 18.1 Å². The van der Waals surface area contributed by atoms with Crippen LogP contribution in [0.1, 0.15) is 18.3 Å². The Morgan fingerprint density at radius 3 is 2.37 bits per heavy atom. The number of hydrogen-bond acceptors (Lipinski definition) is 6. The maximum atomic E-state index is 12.6. The average Bonchev–Trinajstić information content (AvgIpc) is 3.27. The van der Waals surface area contributed by atoms with Crippen molar-refractivity contribution < 1.29 is 14.3 Å². The van der Waals surface area contributed by atoms with Crippen LogP contribution in [0, 0.1) is 6.92 Å². The Hall–Kier alpha value is -3.49. The number of para-hydroxylation sites is 1. The second-order valence-corrected chi connectivity index (χ2v) is 8.93. The molecule has 0 radical (unpaired) electrons. The molecule has 0 bridgehead atoms. The van der Waals surface area contributed by atoms with Crippen LogP contribution < -0.4 is 14.8 Å². The van der Waals surface area contributed by atoms with Crippen LogP contribution in [-0.2, 0) is 11.4 Å². The summed E-state index contributed by atoms with van der Waals surface area (Å²) in [5, 5.41) is 12.8. The van der Waals surface area contributed by atoms with Gasteiger partial charge in [-0.2, -0.15) is 0 Å². The molecule has 0 saturated heterocycles. The highest BCUT2D eigenvalue weighted by Gasteiger charge is 2.17. The molecule has 7 nitrogen and oxygen atoms in total. The van der Waals surface area contributed by atoms with Gasteiger partial charge in [0.2, 0.25) is 5.91 Å². The number of aromatic nitrogens is 3. The van der Waals surface area contributed by atoms with Gasteiger partial charge in [-0.05, 0) is 74.0 Å². The molecule has 0 unspecified atom stereocenters. The van der Waals surface area contributed by atoms with E-state index >= 15 is 0 Å². The van der Waals surface area contributed by atoms with Gasteiger partial charge in [0.25, 0.3) is 0 Å². The minimum atomic E-state index is -0.121. The Labute approximate surface area is 213 Å². The number of halogens is 1. The molecule has 0 aliphatic carbocycles. The molecule has 4 rings (SSSR count). The van der Waals surface area contributed by atoms with Crippen LogP contribution in [0.4, 0.5) is 5.69 Å². The van der Waals surface area contributed by atoms with E-state index in [1.807, 2.05) is 66.9 Å². The zero-order chi connectivity index (χ0) is 24.6. The van der Waals surface area contributed by atoms with Crippen LogP contribution in [0.15, 0.2) is 78.0 Å². The van der Waals surface area contributed by atoms with E-state index in [0.29, 0.717) is 28.4 Å². The molecule has 0 aliphatic heterocycles. The van der Waals surface area contributed by atoms with E-state index in [0.717, 1.165) is 22.7 Å². The normalized spacial score (nSPS) is 10.7. The number of carbonyl (C=O) groups is 1.